The Morgan fingerprint density at radius 1 is 1.05 bits per heavy atom. The Labute approximate surface area is 150 Å². The summed E-state index contributed by atoms with van der Waals surface area (Å²) in [6.45, 7) is 6.21. The molecule has 1 aromatic carbocycles. The van der Waals surface area contributed by atoms with Crippen LogP contribution in [0.15, 0.2) is 29.3 Å². The molecule has 0 spiro atoms. The number of halogens is 1. The van der Waals surface area contributed by atoms with E-state index in [9.17, 15) is 8.42 Å². The van der Waals surface area contributed by atoms with Crippen LogP contribution in [0.5, 0.6) is 0 Å². The zero-order valence-corrected chi connectivity index (χ0v) is 16.4. The highest BCUT2D eigenvalue weighted by Crippen LogP contribution is 2.08. The van der Waals surface area contributed by atoms with E-state index in [4.69, 9.17) is 0 Å². The van der Waals surface area contributed by atoms with E-state index in [1.807, 2.05) is 38.1 Å². The minimum Gasteiger partial charge on any atom is -0.357 e. The second kappa shape index (κ2) is 10.8. The zero-order valence-electron chi connectivity index (χ0n) is 13.2. The van der Waals surface area contributed by atoms with Gasteiger partial charge in [-0.05, 0) is 32.0 Å². The van der Waals surface area contributed by atoms with Crippen LogP contribution in [0.2, 0.25) is 0 Å². The first kappa shape index (κ1) is 21.1. The molecule has 1 rings (SSSR count). The van der Waals surface area contributed by atoms with Crippen molar-refractivity contribution in [2.45, 2.75) is 26.1 Å². The topological polar surface area (TPSA) is 82.6 Å². The fraction of sp³-hybridized carbons (Fsp3) is 0.500. The highest BCUT2D eigenvalue weighted by Gasteiger charge is 2.08. The van der Waals surface area contributed by atoms with E-state index in [0.717, 1.165) is 30.2 Å². The number of rotatable bonds is 7. The molecule has 0 amide bonds. The van der Waals surface area contributed by atoms with Crippen molar-refractivity contribution in [2.75, 3.05) is 20.1 Å². The number of sulfonamides is 1. The van der Waals surface area contributed by atoms with Gasteiger partial charge in [-0.2, -0.15) is 0 Å². The van der Waals surface area contributed by atoms with E-state index >= 15 is 0 Å². The lowest BCUT2D eigenvalue weighted by Crippen LogP contribution is -2.36. The van der Waals surface area contributed by atoms with E-state index in [2.05, 4.69) is 20.3 Å². The van der Waals surface area contributed by atoms with Gasteiger partial charge in [0.2, 0.25) is 10.0 Å². The van der Waals surface area contributed by atoms with Crippen molar-refractivity contribution in [3.05, 3.63) is 35.4 Å². The van der Waals surface area contributed by atoms with Crippen LogP contribution in [0.25, 0.3) is 0 Å². The molecule has 6 nitrogen and oxygen atoms in total. The van der Waals surface area contributed by atoms with Crippen molar-refractivity contribution < 1.29 is 8.42 Å². The normalized spacial score (nSPS) is 10.5. The van der Waals surface area contributed by atoms with Crippen molar-refractivity contribution in [1.82, 2.24) is 15.4 Å². The highest BCUT2D eigenvalue weighted by atomic mass is 127. The number of benzene rings is 1. The molecule has 0 fully saturated rings. The molecule has 0 aromatic heterocycles. The SMILES string of the molecule is CCNC(=NCc1ccc(CS(=O)(=O)NC)cc1)NCC.I. The van der Waals surface area contributed by atoms with Crippen molar-refractivity contribution >= 4 is 40.0 Å². The van der Waals surface area contributed by atoms with Crippen LogP contribution in [0.1, 0.15) is 25.0 Å². The van der Waals surface area contributed by atoms with Gasteiger partial charge < -0.3 is 10.6 Å². The summed E-state index contributed by atoms with van der Waals surface area (Å²) in [6.07, 6.45) is 0. The number of hydrogen-bond acceptors (Lipinski definition) is 3. The molecule has 0 saturated carbocycles. The fourth-order valence-corrected chi connectivity index (χ4v) is 2.49. The molecule has 22 heavy (non-hydrogen) atoms. The predicted octanol–water partition coefficient (Wildman–Crippen LogP) is 1.43. The quantitative estimate of drug-likeness (QED) is 0.341. The smallest absolute Gasteiger partial charge is 0.215 e. The summed E-state index contributed by atoms with van der Waals surface area (Å²) in [6, 6.07) is 7.44. The lowest BCUT2D eigenvalue weighted by molar-refractivity contribution is 0.587. The second-order valence-electron chi connectivity index (χ2n) is 4.51. The maximum Gasteiger partial charge on any atom is 0.215 e. The van der Waals surface area contributed by atoms with Gasteiger partial charge in [0, 0.05) is 13.1 Å². The van der Waals surface area contributed by atoms with E-state index in [1.165, 1.54) is 7.05 Å². The van der Waals surface area contributed by atoms with Gasteiger partial charge in [-0.3, -0.25) is 0 Å². The number of nitrogens with zero attached hydrogens (tertiary/aromatic N) is 1. The summed E-state index contributed by atoms with van der Waals surface area (Å²) in [5.74, 6) is 0.773. The first-order chi connectivity index (χ1) is 10.0. The Bertz CT molecular complexity index is 551. The van der Waals surface area contributed by atoms with E-state index < -0.39 is 10.0 Å². The summed E-state index contributed by atoms with van der Waals surface area (Å²) >= 11 is 0. The van der Waals surface area contributed by atoms with Gasteiger partial charge >= 0.3 is 0 Å². The van der Waals surface area contributed by atoms with Crippen LogP contribution in [-0.4, -0.2) is 34.5 Å². The molecule has 0 atom stereocenters. The number of guanidine groups is 1. The lowest BCUT2D eigenvalue weighted by atomic mass is 10.1. The summed E-state index contributed by atoms with van der Waals surface area (Å²) in [4.78, 5) is 4.46. The highest BCUT2D eigenvalue weighted by molar-refractivity contribution is 14.0. The van der Waals surface area contributed by atoms with Gasteiger partial charge in [0.05, 0.1) is 12.3 Å². The minimum absolute atomic E-state index is 0. The molecule has 1 aromatic rings. The third-order valence-corrected chi connectivity index (χ3v) is 4.13. The molecule has 0 unspecified atom stereocenters. The van der Waals surface area contributed by atoms with Crippen LogP contribution in [0, 0.1) is 0 Å². The maximum absolute atomic E-state index is 11.5. The van der Waals surface area contributed by atoms with Crippen LogP contribution in [0.4, 0.5) is 0 Å². The first-order valence-corrected chi connectivity index (χ1v) is 8.67. The largest absolute Gasteiger partial charge is 0.357 e. The van der Waals surface area contributed by atoms with Crippen LogP contribution < -0.4 is 15.4 Å². The lowest BCUT2D eigenvalue weighted by Gasteiger charge is -2.09. The van der Waals surface area contributed by atoms with Crippen LogP contribution in [-0.2, 0) is 22.3 Å². The van der Waals surface area contributed by atoms with Crippen LogP contribution in [0.3, 0.4) is 0 Å². The average Bonchev–Trinajstić information content (AvgIpc) is 2.46. The van der Waals surface area contributed by atoms with Gasteiger partial charge in [-0.15, -0.1) is 24.0 Å². The molecule has 8 heteroatoms. The predicted molar refractivity (Wildman–Crippen MR) is 102 cm³/mol. The number of nitrogens with one attached hydrogen (secondary N) is 3. The molecule has 0 aliphatic rings. The van der Waals surface area contributed by atoms with Gasteiger partial charge in [-0.25, -0.2) is 18.1 Å². The molecule has 0 aliphatic heterocycles. The van der Waals surface area contributed by atoms with Gasteiger partial charge in [0.15, 0.2) is 5.96 Å². The molecule has 126 valence electrons. The van der Waals surface area contributed by atoms with Crippen molar-refractivity contribution in [2.24, 2.45) is 4.99 Å². The third kappa shape index (κ3) is 7.95. The first-order valence-electron chi connectivity index (χ1n) is 7.02. The van der Waals surface area contributed by atoms with Crippen molar-refractivity contribution in [1.29, 1.82) is 0 Å². The van der Waals surface area contributed by atoms with E-state index in [-0.39, 0.29) is 29.7 Å². The standard InChI is InChI=1S/C14H24N4O2S.HI/c1-4-16-14(17-5-2)18-10-12-6-8-13(9-7-12)11-21(19,20)15-3;/h6-9,15H,4-5,10-11H2,1-3H3,(H2,16,17,18);1H. The van der Waals surface area contributed by atoms with Crippen LogP contribution >= 0.6 is 24.0 Å². The van der Waals surface area contributed by atoms with Gasteiger partial charge in [0.25, 0.3) is 0 Å². The monoisotopic (exact) mass is 440 g/mol. The summed E-state index contributed by atoms with van der Waals surface area (Å²) in [7, 11) is -1.81. The van der Waals surface area contributed by atoms with Crippen molar-refractivity contribution in [3.63, 3.8) is 0 Å². The van der Waals surface area contributed by atoms with Gasteiger partial charge in [-0.1, -0.05) is 24.3 Å². The Balaban J connectivity index is 0.00000441. The Morgan fingerprint density at radius 2 is 1.55 bits per heavy atom. The summed E-state index contributed by atoms with van der Waals surface area (Å²) in [5, 5.41) is 6.31. The number of aliphatic imine (C=N–C) groups is 1. The zero-order chi connectivity index (χ0) is 15.7. The molecule has 0 heterocycles. The van der Waals surface area contributed by atoms with Gasteiger partial charge in [0.1, 0.15) is 0 Å². The molecular weight excluding hydrogens is 415 g/mol. The summed E-state index contributed by atoms with van der Waals surface area (Å²) < 4.78 is 25.2. The number of hydrogen-bond donors (Lipinski definition) is 3. The molecule has 0 saturated heterocycles. The van der Waals surface area contributed by atoms with Crippen molar-refractivity contribution in [3.8, 4) is 0 Å². The minimum atomic E-state index is -3.22. The third-order valence-electron chi connectivity index (χ3n) is 2.80. The molecular formula is C14H25IN4O2S. The Kier molecular flexibility index (Phi) is 10.4. The van der Waals surface area contributed by atoms with E-state index in [1.54, 1.807) is 0 Å². The van der Waals surface area contributed by atoms with E-state index in [0.29, 0.717) is 6.54 Å². The summed E-state index contributed by atoms with van der Waals surface area (Å²) in [5.41, 5.74) is 1.80. The molecule has 0 radical (unpaired) electrons. The maximum atomic E-state index is 11.5. The fourth-order valence-electron chi connectivity index (χ4n) is 1.71. The Morgan fingerprint density at radius 3 is 2.00 bits per heavy atom. The molecule has 0 aliphatic carbocycles. The Hall–Kier alpha value is -0.870. The average molecular weight is 440 g/mol. The second-order valence-corrected chi connectivity index (χ2v) is 6.43. The molecule has 3 N–H and O–H groups in total. The molecule has 0 bridgehead atoms.